The third-order valence-electron chi connectivity index (χ3n) is 2.05. The fourth-order valence-corrected chi connectivity index (χ4v) is 1.43. The van der Waals surface area contributed by atoms with Crippen LogP contribution >= 0.6 is 11.6 Å². The summed E-state index contributed by atoms with van der Waals surface area (Å²) in [5.41, 5.74) is -0.554. The van der Waals surface area contributed by atoms with Crippen LogP contribution in [0.1, 0.15) is 0 Å². The summed E-state index contributed by atoms with van der Waals surface area (Å²) in [5, 5.41) is 2.19. The summed E-state index contributed by atoms with van der Waals surface area (Å²) in [5.74, 6) is -4.96. The molecule has 2 aromatic rings. The molecule has 0 spiro atoms. The van der Waals surface area contributed by atoms with Gasteiger partial charge in [0.2, 0.25) is 0 Å². The summed E-state index contributed by atoms with van der Waals surface area (Å²) in [6.07, 6.45) is 1.11. The molecular weight excluding hydrogens is 272 g/mol. The van der Waals surface area contributed by atoms with Crippen molar-refractivity contribution in [2.75, 3.05) is 5.32 Å². The molecule has 0 saturated carbocycles. The van der Waals surface area contributed by atoms with Crippen LogP contribution in [0.25, 0.3) is 0 Å². The van der Waals surface area contributed by atoms with E-state index < -0.39 is 29.0 Å². The van der Waals surface area contributed by atoms with Crippen LogP contribution in [0.5, 0.6) is 0 Å². The summed E-state index contributed by atoms with van der Waals surface area (Å²) in [6, 6.07) is 2.00. The van der Waals surface area contributed by atoms with Gasteiger partial charge in [-0.2, -0.15) is 0 Å². The molecule has 2 rings (SSSR count). The standard InChI is InChI=1S/C11H5ClF4N2/c12-5-1-8(15)11(17-4-5)18-9-3-6(13)2-7(14)10(9)16/h1-4H,(H,17,18). The summed E-state index contributed by atoms with van der Waals surface area (Å²) in [4.78, 5) is 3.54. The van der Waals surface area contributed by atoms with Crippen LogP contribution < -0.4 is 5.32 Å². The fraction of sp³-hybridized carbons (Fsp3) is 0. The summed E-state index contributed by atoms with van der Waals surface area (Å²) < 4.78 is 52.5. The molecule has 18 heavy (non-hydrogen) atoms. The number of hydrogen-bond donors (Lipinski definition) is 1. The Morgan fingerprint density at radius 3 is 2.39 bits per heavy atom. The van der Waals surface area contributed by atoms with Crippen molar-refractivity contribution in [3.8, 4) is 0 Å². The van der Waals surface area contributed by atoms with E-state index in [4.69, 9.17) is 11.6 Å². The Morgan fingerprint density at radius 2 is 1.72 bits per heavy atom. The highest BCUT2D eigenvalue weighted by Gasteiger charge is 2.13. The first-order valence-corrected chi connectivity index (χ1v) is 5.08. The Labute approximate surface area is 104 Å². The molecule has 2 nitrogen and oxygen atoms in total. The lowest BCUT2D eigenvalue weighted by molar-refractivity contribution is 0.498. The molecule has 0 bridgehead atoms. The number of benzene rings is 1. The number of pyridine rings is 1. The van der Waals surface area contributed by atoms with Gasteiger partial charge in [-0.25, -0.2) is 22.5 Å². The molecule has 0 aliphatic carbocycles. The minimum absolute atomic E-state index is 0.0453. The van der Waals surface area contributed by atoms with Crippen molar-refractivity contribution >= 4 is 23.1 Å². The van der Waals surface area contributed by atoms with Crippen LogP contribution in [-0.4, -0.2) is 4.98 Å². The molecule has 94 valence electrons. The van der Waals surface area contributed by atoms with Crippen molar-refractivity contribution in [1.29, 1.82) is 0 Å². The second kappa shape index (κ2) is 4.81. The van der Waals surface area contributed by atoms with E-state index in [2.05, 4.69) is 10.3 Å². The SMILES string of the molecule is Fc1cc(F)c(F)c(Nc2ncc(Cl)cc2F)c1. The molecular formula is C11H5ClF4N2. The van der Waals surface area contributed by atoms with Gasteiger partial charge in [0, 0.05) is 18.3 Å². The number of aromatic nitrogens is 1. The fourth-order valence-electron chi connectivity index (χ4n) is 1.28. The molecule has 0 saturated heterocycles. The van der Waals surface area contributed by atoms with E-state index in [0.717, 1.165) is 12.3 Å². The second-order valence-electron chi connectivity index (χ2n) is 3.36. The molecule has 0 aliphatic heterocycles. The normalized spacial score (nSPS) is 10.5. The topological polar surface area (TPSA) is 24.9 Å². The van der Waals surface area contributed by atoms with Crippen molar-refractivity contribution < 1.29 is 17.6 Å². The minimum atomic E-state index is -1.38. The van der Waals surface area contributed by atoms with E-state index >= 15 is 0 Å². The molecule has 0 unspecified atom stereocenters. The van der Waals surface area contributed by atoms with E-state index in [9.17, 15) is 17.6 Å². The highest BCUT2D eigenvalue weighted by atomic mass is 35.5. The van der Waals surface area contributed by atoms with Crippen molar-refractivity contribution in [3.63, 3.8) is 0 Å². The molecule has 0 amide bonds. The predicted molar refractivity (Wildman–Crippen MR) is 58.8 cm³/mol. The Hall–Kier alpha value is -1.82. The molecule has 1 N–H and O–H groups in total. The van der Waals surface area contributed by atoms with Crippen LogP contribution in [0.15, 0.2) is 24.4 Å². The average molecular weight is 277 g/mol. The van der Waals surface area contributed by atoms with Gasteiger partial charge < -0.3 is 5.32 Å². The van der Waals surface area contributed by atoms with E-state index in [-0.39, 0.29) is 10.8 Å². The zero-order valence-electron chi connectivity index (χ0n) is 8.65. The lowest BCUT2D eigenvalue weighted by atomic mass is 10.2. The maximum absolute atomic E-state index is 13.3. The maximum atomic E-state index is 13.3. The summed E-state index contributed by atoms with van der Waals surface area (Å²) >= 11 is 5.48. The number of anilines is 2. The third kappa shape index (κ3) is 2.53. The molecule has 1 heterocycles. The van der Waals surface area contributed by atoms with Crippen molar-refractivity contribution in [1.82, 2.24) is 4.98 Å². The number of nitrogens with one attached hydrogen (secondary N) is 1. The largest absolute Gasteiger partial charge is 0.335 e. The lowest BCUT2D eigenvalue weighted by Crippen LogP contribution is -2.01. The molecule has 1 aromatic carbocycles. The maximum Gasteiger partial charge on any atom is 0.182 e. The number of nitrogens with zero attached hydrogens (tertiary/aromatic N) is 1. The van der Waals surface area contributed by atoms with Crippen LogP contribution in [0.3, 0.4) is 0 Å². The summed E-state index contributed by atoms with van der Waals surface area (Å²) in [7, 11) is 0. The number of rotatable bonds is 2. The smallest absolute Gasteiger partial charge is 0.182 e. The molecule has 0 atom stereocenters. The summed E-state index contributed by atoms with van der Waals surface area (Å²) in [6.45, 7) is 0. The highest BCUT2D eigenvalue weighted by molar-refractivity contribution is 6.30. The van der Waals surface area contributed by atoms with Gasteiger partial charge in [-0.3, -0.25) is 0 Å². The first kappa shape index (κ1) is 12.6. The molecule has 1 aromatic heterocycles. The number of halogens is 5. The van der Waals surface area contributed by atoms with Gasteiger partial charge in [0.25, 0.3) is 0 Å². The van der Waals surface area contributed by atoms with Gasteiger partial charge in [-0.15, -0.1) is 0 Å². The van der Waals surface area contributed by atoms with Gasteiger partial charge in [-0.1, -0.05) is 11.6 Å². The minimum Gasteiger partial charge on any atom is -0.335 e. The Balaban J connectivity index is 2.40. The number of hydrogen-bond acceptors (Lipinski definition) is 2. The zero-order valence-corrected chi connectivity index (χ0v) is 9.40. The van der Waals surface area contributed by atoms with Crippen LogP contribution in [0, 0.1) is 23.3 Å². The first-order valence-electron chi connectivity index (χ1n) is 4.70. The predicted octanol–water partition coefficient (Wildman–Crippen LogP) is 4.04. The van der Waals surface area contributed by atoms with E-state index in [1.165, 1.54) is 0 Å². The van der Waals surface area contributed by atoms with Gasteiger partial charge in [0.05, 0.1) is 10.7 Å². The Bertz CT molecular complexity index is 604. The van der Waals surface area contributed by atoms with Crippen LogP contribution in [0.2, 0.25) is 5.02 Å². The van der Waals surface area contributed by atoms with Crippen molar-refractivity contribution in [3.05, 3.63) is 52.7 Å². The van der Waals surface area contributed by atoms with E-state index in [1.54, 1.807) is 0 Å². The zero-order chi connectivity index (χ0) is 13.3. The molecule has 0 aliphatic rings. The van der Waals surface area contributed by atoms with Crippen LogP contribution in [-0.2, 0) is 0 Å². The van der Waals surface area contributed by atoms with E-state index in [1.807, 2.05) is 0 Å². The molecule has 0 fully saturated rings. The van der Waals surface area contributed by atoms with Crippen LogP contribution in [0.4, 0.5) is 29.1 Å². The van der Waals surface area contributed by atoms with Gasteiger partial charge in [0.15, 0.2) is 23.3 Å². The highest BCUT2D eigenvalue weighted by Crippen LogP contribution is 2.24. The van der Waals surface area contributed by atoms with Gasteiger partial charge in [-0.05, 0) is 6.07 Å². The monoisotopic (exact) mass is 276 g/mol. The average Bonchev–Trinajstić information content (AvgIpc) is 2.29. The third-order valence-corrected chi connectivity index (χ3v) is 2.26. The van der Waals surface area contributed by atoms with Gasteiger partial charge >= 0.3 is 0 Å². The van der Waals surface area contributed by atoms with E-state index in [0.29, 0.717) is 12.1 Å². The van der Waals surface area contributed by atoms with Gasteiger partial charge in [0.1, 0.15) is 5.82 Å². The quantitative estimate of drug-likeness (QED) is 0.661. The Morgan fingerprint density at radius 1 is 1.00 bits per heavy atom. The van der Waals surface area contributed by atoms with Crippen molar-refractivity contribution in [2.45, 2.75) is 0 Å². The molecule has 7 heteroatoms. The van der Waals surface area contributed by atoms with Crippen molar-refractivity contribution in [2.24, 2.45) is 0 Å². The Kier molecular flexibility index (Phi) is 3.38. The molecule has 0 radical (unpaired) electrons. The first-order chi connectivity index (χ1) is 8.47. The second-order valence-corrected chi connectivity index (χ2v) is 3.79. The lowest BCUT2D eigenvalue weighted by Gasteiger charge is -2.08.